The molecule has 4 N–H and O–H groups in total. The Hall–Kier alpha value is -2.92. The first-order valence-electron chi connectivity index (χ1n) is 15.4. The number of amides is 3. The van der Waals surface area contributed by atoms with E-state index in [1.807, 2.05) is 39.0 Å². The Bertz CT molecular complexity index is 1370. The number of thiocarbonyl (C=S) groups is 1. The van der Waals surface area contributed by atoms with E-state index in [1.54, 1.807) is 23.1 Å². The van der Waals surface area contributed by atoms with E-state index in [0.717, 1.165) is 18.4 Å². The molecule has 2 aliphatic heterocycles. The van der Waals surface area contributed by atoms with Gasteiger partial charge in [0.25, 0.3) is 0 Å². The van der Waals surface area contributed by atoms with E-state index < -0.39 is 23.8 Å². The Kier molecular flexibility index (Phi) is 12.1. The van der Waals surface area contributed by atoms with Crippen LogP contribution in [-0.4, -0.2) is 75.6 Å². The molecule has 4 rings (SSSR count). The van der Waals surface area contributed by atoms with Crippen molar-refractivity contribution in [1.29, 1.82) is 0 Å². The van der Waals surface area contributed by atoms with E-state index in [9.17, 15) is 14.4 Å². The molecule has 0 aliphatic carbocycles. The summed E-state index contributed by atoms with van der Waals surface area (Å²) < 4.78 is 5.50. The monoisotopic (exact) mass is 675 g/mol. The Balaban J connectivity index is 1.55. The molecular formula is C33H43Cl2N5O4S. The minimum atomic E-state index is -0.769. The lowest BCUT2D eigenvalue weighted by atomic mass is 10.0. The standard InChI is InChI=1S/C33H43Cl2N5O4S/c1-33(2,3)44-32(43)38-23-18-28-31(42)39(16-15-24(40(28)20-23)11-9-21-7-5-4-6-8-21)27(13-14-29(36)45)30(41)37-19-22-10-12-25(34)26(35)17-22/h4-8,10,12,17,23-24,27-28H,9,11,13-16,18-20H2,1-3H3,(H2,36,45)(H,37,41)(H,38,43)/t23-,24?,27-,28+/m1/s1. The molecule has 9 nitrogen and oxygen atoms in total. The quantitative estimate of drug-likeness (QED) is 0.279. The smallest absolute Gasteiger partial charge is 0.407 e. The van der Waals surface area contributed by atoms with Gasteiger partial charge in [-0.25, -0.2) is 4.79 Å². The van der Waals surface area contributed by atoms with Crippen LogP contribution in [0.2, 0.25) is 10.0 Å². The number of nitrogens with two attached hydrogens (primary N) is 1. The first kappa shape index (κ1) is 34.9. The number of nitrogens with one attached hydrogen (secondary N) is 2. The molecule has 12 heteroatoms. The largest absolute Gasteiger partial charge is 0.444 e. The molecule has 0 bridgehead atoms. The molecule has 2 heterocycles. The second-order valence-electron chi connectivity index (χ2n) is 12.8. The summed E-state index contributed by atoms with van der Waals surface area (Å²) in [6.45, 7) is 6.60. The third kappa shape index (κ3) is 10.0. The van der Waals surface area contributed by atoms with Crippen LogP contribution in [0.1, 0.15) is 64.0 Å². The first-order chi connectivity index (χ1) is 21.3. The highest BCUT2D eigenvalue weighted by atomic mass is 35.5. The zero-order valence-corrected chi connectivity index (χ0v) is 28.4. The summed E-state index contributed by atoms with van der Waals surface area (Å²) in [4.78, 5) is 44.9. The molecule has 1 unspecified atom stereocenters. The van der Waals surface area contributed by atoms with Gasteiger partial charge in [-0.1, -0.05) is 71.8 Å². The van der Waals surface area contributed by atoms with E-state index in [4.69, 9.17) is 45.9 Å². The van der Waals surface area contributed by atoms with Crippen molar-refractivity contribution in [2.24, 2.45) is 5.73 Å². The van der Waals surface area contributed by atoms with Gasteiger partial charge in [0, 0.05) is 31.7 Å². The van der Waals surface area contributed by atoms with Gasteiger partial charge in [0.2, 0.25) is 11.8 Å². The van der Waals surface area contributed by atoms with Gasteiger partial charge in [-0.15, -0.1) is 0 Å². The molecule has 2 aromatic carbocycles. The average Bonchev–Trinajstić information content (AvgIpc) is 3.33. The average molecular weight is 677 g/mol. The number of hydrogen-bond donors (Lipinski definition) is 3. The number of nitrogens with zero attached hydrogens (tertiary/aromatic N) is 2. The van der Waals surface area contributed by atoms with Crippen molar-refractivity contribution in [2.45, 2.75) is 95.6 Å². The number of alkyl carbamates (subject to hydrolysis) is 1. The number of rotatable bonds is 11. The first-order valence-corrected chi connectivity index (χ1v) is 16.6. The van der Waals surface area contributed by atoms with Crippen LogP contribution in [0.25, 0.3) is 0 Å². The van der Waals surface area contributed by atoms with Crippen molar-refractivity contribution in [3.8, 4) is 0 Å². The minimum absolute atomic E-state index is 0.0742. The number of aryl methyl sites for hydroxylation is 1. The highest BCUT2D eigenvalue weighted by Gasteiger charge is 2.47. The van der Waals surface area contributed by atoms with Gasteiger partial charge in [0.1, 0.15) is 11.6 Å². The molecule has 2 aromatic rings. The SMILES string of the molecule is CC(C)(C)OC(=O)N[C@@H]1C[C@H]2C(=O)N([C@H](CCC(N)=S)C(=O)NCc3ccc(Cl)c(Cl)c3)CCC(CCc3ccccc3)N2C1. The van der Waals surface area contributed by atoms with Crippen molar-refractivity contribution in [2.75, 3.05) is 13.1 Å². The van der Waals surface area contributed by atoms with Crippen molar-refractivity contribution in [3.05, 3.63) is 69.7 Å². The van der Waals surface area contributed by atoms with Crippen molar-refractivity contribution < 1.29 is 19.1 Å². The van der Waals surface area contributed by atoms with Crippen LogP contribution < -0.4 is 16.4 Å². The molecule has 2 fully saturated rings. The zero-order chi connectivity index (χ0) is 32.7. The van der Waals surface area contributed by atoms with Gasteiger partial charge in [-0.2, -0.15) is 0 Å². The number of hydrogen-bond acceptors (Lipinski definition) is 6. The van der Waals surface area contributed by atoms with E-state index in [0.29, 0.717) is 48.8 Å². The van der Waals surface area contributed by atoms with Crippen molar-refractivity contribution in [3.63, 3.8) is 0 Å². The maximum Gasteiger partial charge on any atom is 0.407 e. The molecular weight excluding hydrogens is 633 g/mol. The fraction of sp³-hybridized carbons (Fsp3) is 0.515. The second kappa shape index (κ2) is 15.6. The maximum absolute atomic E-state index is 14.3. The number of carbonyl (C=O) groups excluding carboxylic acids is 3. The van der Waals surface area contributed by atoms with Gasteiger partial charge in [-0.3, -0.25) is 14.5 Å². The molecule has 0 radical (unpaired) electrons. The van der Waals surface area contributed by atoms with Crippen LogP contribution in [-0.2, 0) is 27.3 Å². The predicted molar refractivity (Wildman–Crippen MR) is 181 cm³/mol. The number of carbonyl (C=O) groups is 3. The number of ether oxygens (including phenoxy) is 1. The van der Waals surface area contributed by atoms with Gasteiger partial charge < -0.3 is 26.0 Å². The Labute approximate surface area is 281 Å². The summed E-state index contributed by atoms with van der Waals surface area (Å²) in [6, 6.07) is 14.0. The Morgan fingerprint density at radius 3 is 2.51 bits per heavy atom. The van der Waals surface area contributed by atoms with Crippen molar-refractivity contribution >= 4 is 58.3 Å². The lowest BCUT2D eigenvalue weighted by Gasteiger charge is -2.32. The van der Waals surface area contributed by atoms with Crippen LogP contribution in [0, 0.1) is 0 Å². The molecule has 2 aliphatic rings. The molecule has 45 heavy (non-hydrogen) atoms. The number of halogens is 2. The van der Waals surface area contributed by atoms with E-state index >= 15 is 0 Å². The summed E-state index contributed by atoms with van der Waals surface area (Å²) in [5, 5.41) is 6.78. The maximum atomic E-state index is 14.3. The Morgan fingerprint density at radius 1 is 1.11 bits per heavy atom. The third-order valence-corrected chi connectivity index (χ3v) is 9.15. The highest BCUT2D eigenvalue weighted by Crippen LogP contribution is 2.31. The van der Waals surface area contributed by atoms with Crippen LogP contribution >= 0.6 is 35.4 Å². The predicted octanol–water partition coefficient (Wildman–Crippen LogP) is 5.25. The van der Waals surface area contributed by atoms with E-state index in [-0.39, 0.29) is 35.4 Å². The van der Waals surface area contributed by atoms with Gasteiger partial charge >= 0.3 is 6.09 Å². The lowest BCUT2D eigenvalue weighted by molar-refractivity contribution is -0.143. The number of fused-ring (bicyclic) bond motifs is 1. The zero-order valence-electron chi connectivity index (χ0n) is 26.1. The van der Waals surface area contributed by atoms with Gasteiger partial charge in [0.05, 0.1) is 21.1 Å². The summed E-state index contributed by atoms with van der Waals surface area (Å²) in [5.74, 6) is -0.426. The normalized spacial score (nSPS) is 21.0. The highest BCUT2D eigenvalue weighted by molar-refractivity contribution is 7.80. The molecule has 0 spiro atoms. The second-order valence-corrected chi connectivity index (χ2v) is 14.1. The topological polar surface area (TPSA) is 117 Å². The van der Waals surface area contributed by atoms with Gasteiger partial charge in [-0.05, 0) is 82.6 Å². The molecule has 244 valence electrons. The fourth-order valence-corrected chi connectivity index (χ4v) is 6.54. The third-order valence-electron chi connectivity index (χ3n) is 8.20. The summed E-state index contributed by atoms with van der Waals surface area (Å²) in [5.41, 5.74) is 7.22. The van der Waals surface area contributed by atoms with Crippen molar-refractivity contribution in [1.82, 2.24) is 20.4 Å². The minimum Gasteiger partial charge on any atom is -0.444 e. The molecule has 0 aromatic heterocycles. The Morgan fingerprint density at radius 2 is 1.84 bits per heavy atom. The van der Waals surface area contributed by atoms with Gasteiger partial charge in [0.15, 0.2) is 0 Å². The molecule has 4 atom stereocenters. The molecule has 3 amide bonds. The van der Waals surface area contributed by atoms with Crippen LogP contribution in [0.3, 0.4) is 0 Å². The molecule has 2 saturated heterocycles. The van der Waals surface area contributed by atoms with E-state index in [2.05, 4.69) is 27.7 Å². The molecule has 0 saturated carbocycles. The van der Waals surface area contributed by atoms with Crippen LogP contribution in [0.5, 0.6) is 0 Å². The number of benzene rings is 2. The lowest BCUT2D eigenvalue weighted by Crippen LogP contribution is -2.53. The summed E-state index contributed by atoms with van der Waals surface area (Å²) in [6.07, 6.45) is 2.89. The summed E-state index contributed by atoms with van der Waals surface area (Å²) in [7, 11) is 0. The van der Waals surface area contributed by atoms with Crippen LogP contribution in [0.15, 0.2) is 48.5 Å². The van der Waals surface area contributed by atoms with Crippen LogP contribution in [0.4, 0.5) is 4.79 Å². The fourth-order valence-electron chi connectivity index (χ4n) is 6.10. The summed E-state index contributed by atoms with van der Waals surface area (Å²) >= 11 is 17.4. The van der Waals surface area contributed by atoms with E-state index in [1.165, 1.54) is 5.56 Å².